The van der Waals surface area contributed by atoms with Gasteiger partial charge in [-0.15, -0.1) is 0 Å². The first-order chi connectivity index (χ1) is 17.5. The molecule has 0 saturated carbocycles. The zero-order chi connectivity index (χ0) is 25.9. The van der Waals surface area contributed by atoms with Crippen molar-refractivity contribution in [3.05, 3.63) is 77.4 Å². The van der Waals surface area contributed by atoms with Crippen LogP contribution >= 0.6 is 0 Å². The summed E-state index contributed by atoms with van der Waals surface area (Å²) >= 11 is 0. The Kier molecular flexibility index (Phi) is 9.63. The average molecular weight is 493 g/mol. The Balaban J connectivity index is 1.93. The zero-order valence-electron chi connectivity index (χ0n) is 21.1. The summed E-state index contributed by atoms with van der Waals surface area (Å²) in [7, 11) is 4.52. The Hall–Kier alpha value is -4.13. The second-order valence-electron chi connectivity index (χ2n) is 7.91. The maximum absolute atomic E-state index is 12.9. The van der Waals surface area contributed by atoms with Gasteiger partial charge in [-0.1, -0.05) is 43.7 Å². The zero-order valence-corrected chi connectivity index (χ0v) is 21.1. The van der Waals surface area contributed by atoms with Crippen LogP contribution in [-0.2, 0) is 6.61 Å². The van der Waals surface area contributed by atoms with Gasteiger partial charge in [0.15, 0.2) is 28.8 Å². The number of carbonyl (C=O) groups is 1. The van der Waals surface area contributed by atoms with E-state index in [0.29, 0.717) is 47.3 Å². The van der Waals surface area contributed by atoms with E-state index in [1.165, 1.54) is 39.5 Å². The van der Waals surface area contributed by atoms with E-state index in [4.69, 9.17) is 23.7 Å². The summed E-state index contributed by atoms with van der Waals surface area (Å²) in [6.45, 7) is 2.81. The highest BCUT2D eigenvalue weighted by Crippen LogP contribution is 2.46. The SMILES string of the molecule is CCCCOc1c(OCc2ccccc2)cc(O)c(C=CC(=O)c2ccc(OC)c(OC)c2)c1OC. The van der Waals surface area contributed by atoms with Gasteiger partial charge in [-0.05, 0) is 42.3 Å². The summed E-state index contributed by atoms with van der Waals surface area (Å²) < 4.78 is 28.1. The molecule has 7 heteroatoms. The van der Waals surface area contributed by atoms with Crippen molar-refractivity contribution in [3.8, 4) is 34.5 Å². The van der Waals surface area contributed by atoms with Gasteiger partial charge < -0.3 is 28.8 Å². The number of benzene rings is 3. The maximum Gasteiger partial charge on any atom is 0.204 e. The molecule has 0 aliphatic rings. The van der Waals surface area contributed by atoms with E-state index in [2.05, 4.69) is 6.92 Å². The van der Waals surface area contributed by atoms with Crippen LogP contribution in [0.25, 0.3) is 6.08 Å². The quantitative estimate of drug-likeness (QED) is 0.176. The number of ketones is 1. The Morgan fingerprint density at radius 2 is 1.61 bits per heavy atom. The van der Waals surface area contributed by atoms with Crippen molar-refractivity contribution in [2.45, 2.75) is 26.4 Å². The lowest BCUT2D eigenvalue weighted by Crippen LogP contribution is -2.04. The average Bonchev–Trinajstić information content (AvgIpc) is 2.91. The van der Waals surface area contributed by atoms with Crippen molar-refractivity contribution in [3.63, 3.8) is 0 Å². The van der Waals surface area contributed by atoms with Gasteiger partial charge in [0, 0.05) is 11.6 Å². The van der Waals surface area contributed by atoms with Crippen LogP contribution in [0, 0.1) is 0 Å². The standard InChI is InChI=1S/C29H32O7/c1-5-6-16-35-29-27(36-19-20-10-8-7-9-11-20)18-24(31)22(28(29)34-4)13-14-23(30)21-12-15-25(32-2)26(17-21)33-3/h7-15,17-18,31H,5-6,16,19H2,1-4H3. The van der Waals surface area contributed by atoms with Crippen molar-refractivity contribution in [2.24, 2.45) is 0 Å². The molecule has 7 nitrogen and oxygen atoms in total. The van der Waals surface area contributed by atoms with Crippen LogP contribution in [-0.4, -0.2) is 38.8 Å². The van der Waals surface area contributed by atoms with Gasteiger partial charge >= 0.3 is 0 Å². The van der Waals surface area contributed by atoms with Crippen LogP contribution in [0.15, 0.2) is 60.7 Å². The van der Waals surface area contributed by atoms with Crippen LogP contribution in [0.4, 0.5) is 0 Å². The number of carbonyl (C=O) groups excluding carboxylic acids is 1. The van der Waals surface area contributed by atoms with E-state index < -0.39 is 0 Å². The lowest BCUT2D eigenvalue weighted by Gasteiger charge is -2.18. The number of ether oxygens (including phenoxy) is 5. The molecule has 1 N–H and O–H groups in total. The van der Waals surface area contributed by atoms with Crippen LogP contribution in [0.3, 0.4) is 0 Å². The fourth-order valence-corrected chi connectivity index (χ4v) is 3.52. The lowest BCUT2D eigenvalue weighted by atomic mass is 10.1. The summed E-state index contributed by atoms with van der Waals surface area (Å²) in [5, 5.41) is 10.8. The number of hydrogen-bond donors (Lipinski definition) is 1. The predicted octanol–water partition coefficient (Wildman–Crippen LogP) is 6.07. The topological polar surface area (TPSA) is 83.5 Å². The normalized spacial score (nSPS) is 10.8. The summed E-state index contributed by atoms with van der Waals surface area (Å²) in [6.07, 6.45) is 4.65. The van der Waals surface area contributed by atoms with Crippen LogP contribution in [0.5, 0.6) is 34.5 Å². The highest BCUT2D eigenvalue weighted by molar-refractivity contribution is 6.07. The molecule has 3 rings (SSSR count). The molecule has 0 aromatic heterocycles. The number of phenols is 1. The number of aromatic hydroxyl groups is 1. The fraction of sp³-hybridized carbons (Fsp3) is 0.276. The highest BCUT2D eigenvalue weighted by Gasteiger charge is 2.21. The molecule has 190 valence electrons. The third kappa shape index (κ3) is 6.50. The van der Waals surface area contributed by atoms with Gasteiger partial charge in [0.05, 0.1) is 33.5 Å². The number of hydrogen-bond acceptors (Lipinski definition) is 7. The summed E-state index contributed by atoms with van der Waals surface area (Å²) in [5.74, 6) is 1.60. The van der Waals surface area contributed by atoms with Crippen LogP contribution in [0.1, 0.15) is 41.3 Å². The molecule has 0 radical (unpaired) electrons. The molecule has 0 heterocycles. The molecular weight excluding hydrogens is 460 g/mol. The van der Waals surface area contributed by atoms with Gasteiger partial charge in [0.1, 0.15) is 12.4 Å². The minimum absolute atomic E-state index is 0.103. The molecule has 0 bridgehead atoms. The molecule has 0 aliphatic heterocycles. The van der Waals surface area contributed by atoms with Crippen molar-refractivity contribution in [1.29, 1.82) is 0 Å². The van der Waals surface area contributed by atoms with Gasteiger partial charge in [0.25, 0.3) is 0 Å². The molecule has 3 aromatic rings. The van der Waals surface area contributed by atoms with E-state index in [1.807, 2.05) is 30.3 Å². The fourth-order valence-electron chi connectivity index (χ4n) is 3.52. The lowest BCUT2D eigenvalue weighted by molar-refractivity contribution is 0.104. The summed E-state index contributed by atoms with van der Waals surface area (Å²) in [6, 6.07) is 16.1. The Morgan fingerprint density at radius 1 is 0.861 bits per heavy atom. The Labute approximate surface area is 211 Å². The third-order valence-electron chi connectivity index (χ3n) is 5.47. The number of rotatable bonds is 13. The molecule has 0 fully saturated rings. The molecule has 0 aliphatic carbocycles. The first-order valence-corrected chi connectivity index (χ1v) is 11.7. The highest BCUT2D eigenvalue weighted by atomic mass is 16.5. The van der Waals surface area contributed by atoms with Crippen molar-refractivity contribution in [1.82, 2.24) is 0 Å². The van der Waals surface area contributed by atoms with Crippen LogP contribution < -0.4 is 23.7 Å². The Morgan fingerprint density at radius 3 is 2.28 bits per heavy atom. The van der Waals surface area contributed by atoms with E-state index in [9.17, 15) is 9.90 Å². The molecule has 0 atom stereocenters. The maximum atomic E-state index is 12.9. The predicted molar refractivity (Wildman–Crippen MR) is 139 cm³/mol. The van der Waals surface area contributed by atoms with Gasteiger partial charge in [-0.3, -0.25) is 4.79 Å². The molecule has 3 aromatic carbocycles. The van der Waals surface area contributed by atoms with E-state index in [1.54, 1.807) is 18.2 Å². The van der Waals surface area contributed by atoms with E-state index in [-0.39, 0.29) is 17.3 Å². The monoisotopic (exact) mass is 492 g/mol. The van der Waals surface area contributed by atoms with Crippen molar-refractivity contribution in [2.75, 3.05) is 27.9 Å². The van der Waals surface area contributed by atoms with Gasteiger partial charge in [-0.25, -0.2) is 0 Å². The third-order valence-corrected chi connectivity index (χ3v) is 5.47. The van der Waals surface area contributed by atoms with Gasteiger partial charge in [-0.2, -0.15) is 0 Å². The molecule has 0 spiro atoms. The summed E-state index contributed by atoms with van der Waals surface area (Å²) in [4.78, 5) is 12.9. The van der Waals surface area contributed by atoms with Crippen molar-refractivity contribution < 1.29 is 33.6 Å². The smallest absolute Gasteiger partial charge is 0.204 e. The van der Waals surface area contributed by atoms with E-state index in [0.717, 1.165) is 18.4 Å². The second kappa shape index (κ2) is 13.1. The molecule has 0 amide bonds. The number of allylic oxidation sites excluding steroid dienone is 1. The minimum Gasteiger partial charge on any atom is -0.507 e. The molecular formula is C29H32O7. The number of phenolic OH excluding ortho intramolecular Hbond substituents is 1. The molecule has 0 saturated heterocycles. The van der Waals surface area contributed by atoms with Crippen LogP contribution in [0.2, 0.25) is 0 Å². The summed E-state index contributed by atoms with van der Waals surface area (Å²) in [5.41, 5.74) is 1.69. The number of methoxy groups -OCH3 is 3. The first-order valence-electron chi connectivity index (χ1n) is 11.7. The van der Waals surface area contributed by atoms with Gasteiger partial charge in [0.2, 0.25) is 5.75 Å². The molecule has 0 unspecified atom stereocenters. The second-order valence-corrected chi connectivity index (χ2v) is 7.91. The first kappa shape index (κ1) is 26.5. The Bertz CT molecular complexity index is 1190. The number of unbranched alkanes of at least 4 members (excludes halogenated alkanes) is 1. The minimum atomic E-state index is -0.282. The molecule has 36 heavy (non-hydrogen) atoms. The van der Waals surface area contributed by atoms with Crippen molar-refractivity contribution >= 4 is 11.9 Å². The largest absolute Gasteiger partial charge is 0.507 e. The van der Waals surface area contributed by atoms with E-state index >= 15 is 0 Å².